The molecule has 0 radical (unpaired) electrons. The van der Waals surface area contributed by atoms with Crippen LogP contribution in [0.5, 0.6) is 0 Å². The fourth-order valence-corrected chi connectivity index (χ4v) is 3.12. The second-order valence-electron chi connectivity index (χ2n) is 5.87. The third-order valence-corrected chi connectivity index (χ3v) is 4.35. The molecule has 2 aliphatic heterocycles. The molecule has 0 bridgehead atoms. The van der Waals surface area contributed by atoms with Crippen molar-refractivity contribution in [3.05, 3.63) is 30.1 Å². The minimum Gasteiger partial charge on any atom is -0.373 e. The lowest BCUT2D eigenvalue weighted by Crippen LogP contribution is -2.51. The van der Waals surface area contributed by atoms with E-state index in [4.69, 9.17) is 4.74 Å². The van der Waals surface area contributed by atoms with E-state index in [9.17, 15) is 0 Å². The third-order valence-electron chi connectivity index (χ3n) is 4.35. The minimum atomic E-state index is 0.239. The van der Waals surface area contributed by atoms with Crippen LogP contribution < -0.4 is 10.6 Å². The molecule has 0 aliphatic carbocycles. The zero-order valence-corrected chi connectivity index (χ0v) is 13.2. The van der Waals surface area contributed by atoms with Gasteiger partial charge in [0.1, 0.15) is 0 Å². The van der Waals surface area contributed by atoms with Crippen molar-refractivity contribution >= 4 is 5.96 Å². The Bertz CT molecular complexity index is 493. The van der Waals surface area contributed by atoms with E-state index in [1.54, 1.807) is 13.2 Å². The number of hydrogen-bond donors (Lipinski definition) is 2. The molecule has 1 aromatic heterocycles. The molecule has 3 heterocycles. The summed E-state index contributed by atoms with van der Waals surface area (Å²) in [5.41, 5.74) is 0.999. The number of morpholine rings is 1. The smallest absolute Gasteiger partial charge is 0.191 e. The minimum absolute atomic E-state index is 0.239. The predicted octanol–water partition coefficient (Wildman–Crippen LogP) is 0.610. The Morgan fingerprint density at radius 2 is 2.41 bits per heavy atom. The molecule has 2 atom stereocenters. The van der Waals surface area contributed by atoms with Crippen LogP contribution in [0.1, 0.15) is 18.5 Å². The number of pyridine rings is 1. The molecule has 2 saturated heterocycles. The Kier molecular flexibility index (Phi) is 5.24. The van der Waals surface area contributed by atoms with Crippen LogP contribution in [-0.4, -0.2) is 61.3 Å². The highest BCUT2D eigenvalue weighted by Crippen LogP contribution is 2.22. The Morgan fingerprint density at radius 3 is 3.23 bits per heavy atom. The standard InChI is InChI=1S/C16H25N5O/c1-17-16(19-9-13-5-2-3-7-18-13)20-10-15-11-21-8-4-6-14(21)12-22-15/h2-3,5,7,14-15H,4,6,8-12H2,1H3,(H2,17,19,20). The van der Waals surface area contributed by atoms with Gasteiger partial charge in [-0.1, -0.05) is 6.07 Å². The molecule has 0 aromatic carbocycles. The average molecular weight is 303 g/mol. The fraction of sp³-hybridized carbons (Fsp3) is 0.625. The van der Waals surface area contributed by atoms with Crippen LogP contribution in [0.4, 0.5) is 0 Å². The van der Waals surface area contributed by atoms with E-state index < -0.39 is 0 Å². The van der Waals surface area contributed by atoms with E-state index in [0.717, 1.165) is 31.3 Å². The largest absolute Gasteiger partial charge is 0.373 e. The molecule has 2 fully saturated rings. The van der Waals surface area contributed by atoms with Gasteiger partial charge < -0.3 is 15.4 Å². The maximum Gasteiger partial charge on any atom is 0.191 e. The van der Waals surface area contributed by atoms with Crippen LogP contribution in [0, 0.1) is 0 Å². The van der Waals surface area contributed by atoms with Gasteiger partial charge in [-0.05, 0) is 31.5 Å². The van der Waals surface area contributed by atoms with Gasteiger partial charge in [0.25, 0.3) is 0 Å². The first-order valence-electron chi connectivity index (χ1n) is 8.05. The molecule has 2 aliphatic rings. The normalized spacial score (nSPS) is 25.8. The summed E-state index contributed by atoms with van der Waals surface area (Å²) in [5, 5.41) is 6.63. The second-order valence-corrected chi connectivity index (χ2v) is 5.87. The molecule has 2 unspecified atom stereocenters. The van der Waals surface area contributed by atoms with Gasteiger partial charge in [0.15, 0.2) is 5.96 Å². The highest BCUT2D eigenvalue weighted by molar-refractivity contribution is 5.79. The Hall–Kier alpha value is -1.66. The average Bonchev–Trinajstić information content (AvgIpc) is 3.03. The van der Waals surface area contributed by atoms with Crippen molar-refractivity contribution in [2.75, 3.05) is 33.3 Å². The maximum absolute atomic E-state index is 5.95. The molecule has 0 saturated carbocycles. The van der Waals surface area contributed by atoms with Gasteiger partial charge in [-0.2, -0.15) is 0 Å². The summed E-state index contributed by atoms with van der Waals surface area (Å²) in [6.07, 6.45) is 4.63. The Morgan fingerprint density at radius 1 is 1.45 bits per heavy atom. The van der Waals surface area contributed by atoms with Gasteiger partial charge in [-0.15, -0.1) is 0 Å². The monoisotopic (exact) mass is 303 g/mol. The number of nitrogens with one attached hydrogen (secondary N) is 2. The first-order valence-corrected chi connectivity index (χ1v) is 8.05. The number of fused-ring (bicyclic) bond motifs is 1. The van der Waals surface area contributed by atoms with Crippen molar-refractivity contribution in [1.29, 1.82) is 0 Å². The van der Waals surface area contributed by atoms with E-state index in [2.05, 4.69) is 25.5 Å². The topological polar surface area (TPSA) is 61.8 Å². The molecule has 6 heteroatoms. The summed E-state index contributed by atoms with van der Waals surface area (Å²) in [6, 6.07) is 6.56. The molecule has 1 aromatic rings. The van der Waals surface area contributed by atoms with Crippen molar-refractivity contribution in [3.63, 3.8) is 0 Å². The first-order chi connectivity index (χ1) is 10.8. The van der Waals surface area contributed by atoms with Gasteiger partial charge in [-0.25, -0.2) is 0 Å². The van der Waals surface area contributed by atoms with Crippen molar-refractivity contribution in [1.82, 2.24) is 20.5 Å². The Labute approximate surface area is 132 Å². The molecular weight excluding hydrogens is 278 g/mol. The molecule has 3 rings (SSSR count). The lowest BCUT2D eigenvalue weighted by molar-refractivity contribution is -0.0453. The first kappa shape index (κ1) is 15.2. The van der Waals surface area contributed by atoms with Crippen LogP contribution >= 0.6 is 0 Å². The number of aromatic nitrogens is 1. The number of nitrogens with zero attached hydrogens (tertiary/aromatic N) is 3. The lowest BCUT2D eigenvalue weighted by atomic mass is 10.2. The summed E-state index contributed by atoms with van der Waals surface area (Å²) in [6.45, 7) is 4.56. The molecule has 6 nitrogen and oxygen atoms in total. The summed E-state index contributed by atoms with van der Waals surface area (Å²) in [5.74, 6) is 0.790. The van der Waals surface area contributed by atoms with Gasteiger partial charge in [0.05, 0.1) is 24.9 Å². The molecule has 0 amide bonds. The highest BCUT2D eigenvalue weighted by atomic mass is 16.5. The number of hydrogen-bond acceptors (Lipinski definition) is 4. The molecule has 2 N–H and O–H groups in total. The van der Waals surface area contributed by atoms with Crippen LogP contribution in [0.2, 0.25) is 0 Å². The van der Waals surface area contributed by atoms with Crippen molar-refractivity contribution in [2.24, 2.45) is 4.99 Å². The second kappa shape index (κ2) is 7.56. The molecule has 120 valence electrons. The zero-order chi connectivity index (χ0) is 15.2. The maximum atomic E-state index is 5.95. The predicted molar refractivity (Wildman–Crippen MR) is 86.8 cm³/mol. The van der Waals surface area contributed by atoms with E-state index in [-0.39, 0.29) is 6.10 Å². The van der Waals surface area contributed by atoms with Crippen LogP contribution in [0.25, 0.3) is 0 Å². The molecular formula is C16H25N5O. The number of rotatable bonds is 4. The van der Waals surface area contributed by atoms with E-state index >= 15 is 0 Å². The summed E-state index contributed by atoms with van der Waals surface area (Å²) in [4.78, 5) is 11.1. The van der Waals surface area contributed by atoms with Gasteiger partial charge >= 0.3 is 0 Å². The highest BCUT2D eigenvalue weighted by Gasteiger charge is 2.32. The Balaban J connectivity index is 1.41. The fourth-order valence-electron chi connectivity index (χ4n) is 3.12. The number of guanidine groups is 1. The lowest BCUT2D eigenvalue weighted by Gasteiger charge is -2.35. The zero-order valence-electron chi connectivity index (χ0n) is 13.2. The quantitative estimate of drug-likeness (QED) is 0.630. The van der Waals surface area contributed by atoms with Crippen molar-refractivity contribution in [2.45, 2.75) is 31.5 Å². The third kappa shape index (κ3) is 3.96. The van der Waals surface area contributed by atoms with Crippen LogP contribution in [-0.2, 0) is 11.3 Å². The van der Waals surface area contributed by atoms with E-state index in [0.29, 0.717) is 12.6 Å². The van der Waals surface area contributed by atoms with Crippen LogP contribution in [0.3, 0.4) is 0 Å². The molecule has 22 heavy (non-hydrogen) atoms. The molecule has 0 spiro atoms. The number of aliphatic imine (C=N–C) groups is 1. The summed E-state index contributed by atoms with van der Waals surface area (Å²) >= 11 is 0. The SMILES string of the molecule is CN=C(NCc1ccccn1)NCC1CN2CCCC2CO1. The van der Waals surface area contributed by atoms with E-state index in [1.165, 1.54) is 19.4 Å². The van der Waals surface area contributed by atoms with Crippen molar-refractivity contribution in [3.8, 4) is 0 Å². The van der Waals surface area contributed by atoms with Crippen LogP contribution in [0.15, 0.2) is 29.4 Å². The summed E-state index contributed by atoms with van der Waals surface area (Å²) in [7, 11) is 1.78. The van der Waals surface area contributed by atoms with Gasteiger partial charge in [0.2, 0.25) is 0 Å². The van der Waals surface area contributed by atoms with Gasteiger partial charge in [0, 0.05) is 32.4 Å². The van der Waals surface area contributed by atoms with Crippen molar-refractivity contribution < 1.29 is 4.74 Å². The van der Waals surface area contributed by atoms with E-state index in [1.807, 2.05) is 18.2 Å². The van der Waals surface area contributed by atoms with Gasteiger partial charge in [-0.3, -0.25) is 14.9 Å². The summed E-state index contributed by atoms with van der Waals surface area (Å²) < 4.78 is 5.95. The number of ether oxygens (including phenoxy) is 1.